The second kappa shape index (κ2) is 6.97. The lowest BCUT2D eigenvalue weighted by Gasteiger charge is -2.08. The summed E-state index contributed by atoms with van der Waals surface area (Å²) in [5.74, 6) is -0.267. The van der Waals surface area contributed by atoms with Crippen LogP contribution in [0, 0.1) is 24.6 Å². The fraction of sp³-hybridized carbons (Fsp3) is 0.400. The zero-order valence-corrected chi connectivity index (χ0v) is 12.1. The average Bonchev–Trinajstić information content (AvgIpc) is 2.78. The maximum atomic E-state index is 13.6. The van der Waals surface area contributed by atoms with Crippen molar-refractivity contribution in [2.75, 3.05) is 6.61 Å². The van der Waals surface area contributed by atoms with Crippen molar-refractivity contribution in [1.82, 2.24) is 10.2 Å². The zero-order chi connectivity index (χ0) is 15.2. The topological polar surface area (TPSA) is 67.3 Å². The van der Waals surface area contributed by atoms with Crippen molar-refractivity contribution < 1.29 is 9.13 Å². The Hall–Kier alpha value is -2.24. The Morgan fingerprint density at radius 1 is 1.38 bits per heavy atom. The van der Waals surface area contributed by atoms with E-state index in [9.17, 15) is 9.30 Å². The highest BCUT2D eigenvalue weighted by atomic mass is 19.1. The normalized spacial score (nSPS) is 10.6. The first-order valence-corrected chi connectivity index (χ1v) is 6.82. The molecule has 2 aromatic rings. The number of H-pyrrole nitrogens is 1. The summed E-state index contributed by atoms with van der Waals surface area (Å²) in [6.07, 6.45) is 1.59. The molecule has 0 bridgehead atoms. The van der Waals surface area contributed by atoms with Crippen LogP contribution in [0.5, 0.6) is 5.75 Å². The van der Waals surface area contributed by atoms with E-state index in [0.717, 1.165) is 24.2 Å². The molecule has 0 saturated heterocycles. The number of nitroso groups, excluding NO2 is 1. The molecule has 0 fully saturated rings. The lowest BCUT2D eigenvalue weighted by Crippen LogP contribution is -2.02. The molecule has 1 aromatic heterocycles. The number of benzene rings is 1. The van der Waals surface area contributed by atoms with Gasteiger partial charge in [0, 0.05) is 5.69 Å². The lowest BCUT2D eigenvalue weighted by molar-refractivity contribution is 0.295. The third kappa shape index (κ3) is 3.87. The number of ether oxygens (including phenoxy) is 1. The van der Waals surface area contributed by atoms with Crippen LogP contribution in [0.1, 0.15) is 28.9 Å². The predicted octanol–water partition coefficient (Wildman–Crippen LogP) is 3.44. The van der Waals surface area contributed by atoms with E-state index < -0.39 is 5.82 Å². The van der Waals surface area contributed by atoms with Crippen molar-refractivity contribution >= 4 is 0 Å². The van der Waals surface area contributed by atoms with Crippen LogP contribution in [0.2, 0.25) is 0 Å². The highest BCUT2D eigenvalue weighted by Gasteiger charge is 2.08. The van der Waals surface area contributed by atoms with Gasteiger partial charge in [0.2, 0.25) is 0 Å². The number of hydrogen-bond acceptors (Lipinski definition) is 4. The van der Waals surface area contributed by atoms with Crippen molar-refractivity contribution in [3.63, 3.8) is 0 Å². The first-order chi connectivity index (χ1) is 10.1. The fourth-order valence-electron chi connectivity index (χ4n) is 2.20. The molecule has 0 radical (unpaired) electrons. The first-order valence-electron chi connectivity index (χ1n) is 6.82. The molecular weight excluding hydrogens is 273 g/mol. The molecule has 0 aliphatic carbocycles. The van der Waals surface area contributed by atoms with Crippen LogP contribution in [0.15, 0.2) is 23.4 Å². The Labute approximate surface area is 122 Å². The third-order valence-electron chi connectivity index (χ3n) is 3.35. The molecule has 0 saturated carbocycles. The van der Waals surface area contributed by atoms with Gasteiger partial charge < -0.3 is 4.74 Å². The average molecular weight is 291 g/mol. The molecule has 0 aliphatic rings. The number of halogens is 1. The minimum absolute atomic E-state index is 0.0179. The molecule has 0 aliphatic heterocycles. The highest BCUT2D eigenvalue weighted by molar-refractivity contribution is 5.30. The SMILES string of the molecule is Cc1n[nH]c(C)c1CCCOc1cc(CN=O)ccc1F. The third-order valence-corrected chi connectivity index (χ3v) is 3.35. The summed E-state index contributed by atoms with van der Waals surface area (Å²) in [7, 11) is 0. The molecule has 0 spiro atoms. The predicted molar refractivity (Wildman–Crippen MR) is 77.8 cm³/mol. The van der Waals surface area contributed by atoms with Gasteiger partial charge in [-0.15, -0.1) is 0 Å². The van der Waals surface area contributed by atoms with Gasteiger partial charge in [-0.25, -0.2) is 4.39 Å². The van der Waals surface area contributed by atoms with E-state index in [1.165, 1.54) is 23.8 Å². The van der Waals surface area contributed by atoms with E-state index in [0.29, 0.717) is 12.2 Å². The summed E-state index contributed by atoms with van der Waals surface area (Å²) in [6, 6.07) is 4.34. The van der Waals surface area contributed by atoms with Crippen LogP contribution < -0.4 is 4.74 Å². The largest absolute Gasteiger partial charge is 0.490 e. The number of nitrogens with zero attached hydrogens (tertiary/aromatic N) is 2. The van der Waals surface area contributed by atoms with Crippen molar-refractivity contribution in [3.05, 3.63) is 51.4 Å². The Kier molecular flexibility index (Phi) is 5.03. The molecule has 1 aromatic carbocycles. The molecule has 2 rings (SSSR count). The van der Waals surface area contributed by atoms with E-state index in [1.807, 2.05) is 13.8 Å². The van der Waals surface area contributed by atoms with E-state index >= 15 is 0 Å². The second-order valence-electron chi connectivity index (χ2n) is 4.92. The van der Waals surface area contributed by atoms with E-state index in [-0.39, 0.29) is 12.3 Å². The molecule has 5 nitrogen and oxygen atoms in total. The molecule has 1 N–H and O–H groups in total. The number of rotatable bonds is 7. The molecule has 1 heterocycles. The number of hydrogen-bond donors (Lipinski definition) is 1. The van der Waals surface area contributed by atoms with Crippen LogP contribution in [-0.2, 0) is 13.0 Å². The summed E-state index contributed by atoms with van der Waals surface area (Å²) >= 11 is 0. The van der Waals surface area contributed by atoms with Crippen molar-refractivity contribution in [2.45, 2.75) is 33.2 Å². The van der Waals surface area contributed by atoms with Crippen molar-refractivity contribution in [3.8, 4) is 5.75 Å². The van der Waals surface area contributed by atoms with Gasteiger partial charge >= 0.3 is 0 Å². The van der Waals surface area contributed by atoms with Crippen molar-refractivity contribution in [1.29, 1.82) is 0 Å². The maximum absolute atomic E-state index is 13.6. The van der Waals surface area contributed by atoms with Gasteiger partial charge in [-0.2, -0.15) is 10.0 Å². The molecule has 0 unspecified atom stereocenters. The standard InChI is InChI=1S/C15H18FN3O2/c1-10-13(11(2)19-18-10)4-3-7-21-15-8-12(9-17-20)5-6-14(15)16/h5-6,8H,3-4,7,9H2,1-2H3,(H,18,19). The van der Waals surface area contributed by atoms with Gasteiger partial charge in [0.05, 0.1) is 12.3 Å². The summed E-state index contributed by atoms with van der Waals surface area (Å²) in [6.45, 7) is 4.35. The van der Waals surface area contributed by atoms with Crippen LogP contribution >= 0.6 is 0 Å². The minimum atomic E-state index is -0.430. The van der Waals surface area contributed by atoms with Gasteiger partial charge in [0.25, 0.3) is 0 Å². The Balaban J connectivity index is 1.88. The van der Waals surface area contributed by atoms with Gasteiger partial charge in [-0.3, -0.25) is 5.10 Å². The highest BCUT2D eigenvalue weighted by Crippen LogP contribution is 2.20. The monoisotopic (exact) mass is 291 g/mol. The van der Waals surface area contributed by atoms with Crippen LogP contribution in [0.25, 0.3) is 0 Å². The van der Waals surface area contributed by atoms with E-state index in [4.69, 9.17) is 4.74 Å². The van der Waals surface area contributed by atoms with Gasteiger partial charge in [0.15, 0.2) is 11.6 Å². The second-order valence-corrected chi connectivity index (χ2v) is 4.92. The molecule has 0 atom stereocenters. The summed E-state index contributed by atoms with van der Waals surface area (Å²) < 4.78 is 19.0. The Morgan fingerprint density at radius 3 is 2.86 bits per heavy atom. The minimum Gasteiger partial charge on any atom is -0.490 e. The fourth-order valence-corrected chi connectivity index (χ4v) is 2.20. The summed E-state index contributed by atoms with van der Waals surface area (Å²) in [4.78, 5) is 10.2. The summed E-state index contributed by atoms with van der Waals surface area (Å²) in [5.41, 5.74) is 3.86. The number of nitrogens with one attached hydrogen (secondary N) is 1. The first kappa shape index (κ1) is 15.2. The number of aryl methyl sites for hydroxylation is 2. The maximum Gasteiger partial charge on any atom is 0.165 e. The Morgan fingerprint density at radius 2 is 2.19 bits per heavy atom. The van der Waals surface area contributed by atoms with Crippen LogP contribution in [0.4, 0.5) is 4.39 Å². The summed E-state index contributed by atoms with van der Waals surface area (Å²) in [5, 5.41) is 9.86. The molecule has 0 amide bonds. The van der Waals surface area contributed by atoms with Crippen LogP contribution in [-0.4, -0.2) is 16.8 Å². The van der Waals surface area contributed by atoms with E-state index in [1.54, 1.807) is 0 Å². The van der Waals surface area contributed by atoms with Crippen LogP contribution in [0.3, 0.4) is 0 Å². The van der Waals surface area contributed by atoms with Gasteiger partial charge in [0.1, 0.15) is 6.54 Å². The Bertz CT molecular complexity index is 606. The lowest BCUT2D eigenvalue weighted by atomic mass is 10.1. The van der Waals surface area contributed by atoms with Crippen molar-refractivity contribution in [2.24, 2.45) is 5.18 Å². The van der Waals surface area contributed by atoms with Gasteiger partial charge in [-0.05, 0) is 49.9 Å². The molecule has 21 heavy (non-hydrogen) atoms. The zero-order valence-electron chi connectivity index (χ0n) is 12.1. The number of aromatic nitrogens is 2. The molecule has 112 valence electrons. The molecule has 6 heteroatoms. The smallest absolute Gasteiger partial charge is 0.165 e. The van der Waals surface area contributed by atoms with Gasteiger partial charge in [-0.1, -0.05) is 11.2 Å². The molecular formula is C15H18FN3O2. The quantitative estimate of drug-likeness (QED) is 0.627. The van der Waals surface area contributed by atoms with E-state index in [2.05, 4.69) is 15.4 Å². The number of aromatic amines is 1.